The summed E-state index contributed by atoms with van der Waals surface area (Å²) in [5.41, 5.74) is 10.2. The Bertz CT molecular complexity index is 2140. The van der Waals surface area contributed by atoms with Crippen LogP contribution in [0.25, 0.3) is 22.5 Å². The van der Waals surface area contributed by atoms with E-state index in [2.05, 4.69) is 26.0 Å². The molecule has 0 aliphatic heterocycles. The lowest BCUT2D eigenvalue weighted by atomic mass is 9.81. The minimum Gasteiger partial charge on any atom is -0.477 e. The highest BCUT2D eigenvalue weighted by Crippen LogP contribution is 2.42. The summed E-state index contributed by atoms with van der Waals surface area (Å²) in [5, 5.41) is 32.3. The predicted octanol–water partition coefficient (Wildman–Crippen LogP) is 6.15. The smallest absolute Gasteiger partial charge is 0.411 e. The third-order valence-electron chi connectivity index (χ3n) is 11.3. The number of H-pyrrole nitrogens is 1. The number of aliphatic carboxylic acids is 1. The summed E-state index contributed by atoms with van der Waals surface area (Å²) < 4.78 is 55.9. The van der Waals surface area contributed by atoms with Crippen LogP contribution in [-0.2, 0) is 26.7 Å². The van der Waals surface area contributed by atoms with Crippen molar-refractivity contribution in [2.75, 3.05) is 11.9 Å². The molecule has 0 unspecified atom stereocenters. The Morgan fingerprint density at radius 2 is 1.52 bits per heavy atom. The zero-order valence-corrected chi connectivity index (χ0v) is 33.5. The maximum Gasteiger partial charge on any atom is 0.411 e. The van der Waals surface area contributed by atoms with Crippen molar-refractivity contribution < 1.29 is 47.0 Å². The molecule has 0 radical (unpaired) electrons. The quantitative estimate of drug-likeness (QED) is 0.0725. The summed E-state index contributed by atoms with van der Waals surface area (Å²) in [7, 11) is 0. The lowest BCUT2D eigenvalue weighted by molar-refractivity contribution is -0.231. The van der Waals surface area contributed by atoms with Crippen LogP contribution in [0.1, 0.15) is 78.7 Å². The van der Waals surface area contributed by atoms with E-state index in [0.29, 0.717) is 43.7 Å². The van der Waals surface area contributed by atoms with E-state index >= 15 is 0 Å². The van der Waals surface area contributed by atoms with Crippen LogP contribution in [-0.4, -0.2) is 79.7 Å². The van der Waals surface area contributed by atoms with Gasteiger partial charge in [-0.05, 0) is 129 Å². The molecule has 0 spiro atoms. The SMILES string of the molecule is Cc1cc(C(=O)NC2CCC(O)CC2)ccc1-c1ccc(C[C@H](NC(=O)C2CCC(CN)CC2)C(=O)Nc2ccc(-c3n[nH]c(C(F)(F)C(F)(F)C(=O)O)n3)cc2)cc1.Cl. The Kier molecular flexibility index (Phi) is 14.7. The van der Waals surface area contributed by atoms with Gasteiger partial charge in [-0.1, -0.05) is 30.3 Å². The molecule has 2 saturated carbocycles. The zero-order valence-electron chi connectivity index (χ0n) is 32.7. The summed E-state index contributed by atoms with van der Waals surface area (Å²) in [6.45, 7) is 2.47. The normalized spacial score (nSPS) is 20.0. The van der Waals surface area contributed by atoms with E-state index in [1.807, 2.05) is 43.3 Å². The summed E-state index contributed by atoms with van der Waals surface area (Å²) in [4.78, 5) is 54.4. The number of amides is 3. The first-order valence-electron chi connectivity index (χ1n) is 19.6. The molecule has 1 aromatic heterocycles. The average Bonchev–Trinajstić information content (AvgIpc) is 3.73. The van der Waals surface area contributed by atoms with E-state index in [9.17, 15) is 41.8 Å². The van der Waals surface area contributed by atoms with Crippen molar-refractivity contribution in [3.8, 4) is 22.5 Å². The molecule has 322 valence electrons. The van der Waals surface area contributed by atoms with Crippen molar-refractivity contribution in [1.29, 1.82) is 0 Å². The fourth-order valence-corrected chi connectivity index (χ4v) is 7.58. The molecule has 2 aliphatic carbocycles. The molecule has 0 saturated heterocycles. The Morgan fingerprint density at radius 1 is 0.883 bits per heavy atom. The van der Waals surface area contributed by atoms with Gasteiger partial charge in [0.1, 0.15) is 6.04 Å². The number of nitrogens with two attached hydrogens (primary N) is 1. The number of rotatable bonds is 14. The number of aliphatic hydroxyl groups is 1. The fourth-order valence-electron chi connectivity index (χ4n) is 7.58. The van der Waals surface area contributed by atoms with E-state index in [-0.39, 0.29) is 60.0 Å². The van der Waals surface area contributed by atoms with Crippen molar-refractivity contribution in [3.05, 3.63) is 89.2 Å². The van der Waals surface area contributed by atoms with Crippen LogP contribution in [0.5, 0.6) is 0 Å². The minimum absolute atomic E-state index is 0. The Balaban J connectivity index is 0.00000683. The number of aromatic nitrogens is 3. The monoisotopic (exact) mass is 857 g/mol. The van der Waals surface area contributed by atoms with Crippen LogP contribution < -0.4 is 21.7 Å². The molecule has 13 nitrogen and oxygen atoms in total. The van der Waals surface area contributed by atoms with Crippen molar-refractivity contribution in [2.24, 2.45) is 17.6 Å². The number of anilines is 1. The van der Waals surface area contributed by atoms with Crippen LogP contribution in [0.15, 0.2) is 66.7 Å². The molecule has 4 aromatic rings. The topological polar surface area (TPSA) is 212 Å². The van der Waals surface area contributed by atoms with E-state index in [1.165, 1.54) is 24.3 Å². The molecule has 60 heavy (non-hydrogen) atoms. The second-order valence-corrected chi connectivity index (χ2v) is 15.5. The van der Waals surface area contributed by atoms with Gasteiger partial charge in [0.2, 0.25) is 17.6 Å². The van der Waals surface area contributed by atoms with Gasteiger partial charge in [0.05, 0.1) is 6.10 Å². The third kappa shape index (κ3) is 10.5. The lowest BCUT2D eigenvalue weighted by Crippen LogP contribution is -2.48. The number of hydrogen-bond donors (Lipinski definition) is 7. The van der Waals surface area contributed by atoms with Gasteiger partial charge in [0, 0.05) is 35.2 Å². The first-order valence-corrected chi connectivity index (χ1v) is 19.6. The largest absolute Gasteiger partial charge is 0.477 e. The highest BCUT2D eigenvalue weighted by Gasteiger charge is 2.65. The zero-order chi connectivity index (χ0) is 42.5. The summed E-state index contributed by atoms with van der Waals surface area (Å²) >= 11 is 0. The number of carbonyl (C=O) groups is 4. The molecule has 3 amide bonds. The number of nitrogens with one attached hydrogen (secondary N) is 4. The Morgan fingerprint density at radius 3 is 2.12 bits per heavy atom. The number of carboxylic acids is 1. The van der Waals surface area contributed by atoms with Crippen LogP contribution in [0.3, 0.4) is 0 Å². The molecule has 2 aliphatic rings. The predicted molar refractivity (Wildman–Crippen MR) is 217 cm³/mol. The summed E-state index contributed by atoms with van der Waals surface area (Å²) in [6.07, 6.45) is 5.53. The van der Waals surface area contributed by atoms with Crippen LogP contribution in [0.4, 0.5) is 23.2 Å². The minimum atomic E-state index is -5.44. The van der Waals surface area contributed by atoms with Gasteiger partial charge in [0.25, 0.3) is 5.91 Å². The second kappa shape index (κ2) is 19.3. The molecule has 0 bridgehead atoms. The molecule has 1 atom stereocenters. The van der Waals surface area contributed by atoms with Gasteiger partial charge in [-0.25, -0.2) is 9.78 Å². The Labute approximate surface area is 349 Å². The van der Waals surface area contributed by atoms with Crippen molar-refractivity contribution in [2.45, 2.75) is 94.7 Å². The highest BCUT2D eigenvalue weighted by molar-refractivity contribution is 5.98. The molecule has 6 rings (SSSR count). The number of aryl methyl sites for hydroxylation is 1. The second-order valence-electron chi connectivity index (χ2n) is 15.5. The number of halogens is 5. The summed E-state index contributed by atoms with van der Waals surface area (Å²) in [5.74, 6) is -16.6. The molecular weight excluding hydrogens is 810 g/mol. The molecule has 3 aromatic carbocycles. The van der Waals surface area contributed by atoms with Gasteiger partial charge in [0.15, 0.2) is 5.82 Å². The fraction of sp³-hybridized carbons (Fsp3) is 0.429. The van der Waals surface area contributed by atoms with Gasteiger partial charge >= 0.3 is 17.8 Å². The van der Waals surface area contributed by atoms with Gasteiger partial charge in [-0.15, -0.1) is 12.4 Å². The van der Waals surface area contributed by atoms with Gasteiger partial charge < -0.3 is 31.9 Å². The van der Waals surface area contributed by atoms with E-state index in [4.69, 9.17) is 10.8 Å². The number of carboxylic acid groups (broad SMARTS) is 1. The molecule has 1 heterocycles. The standard InChI is InChI=1S/C42H47F4N7O6.ClH/c1-23-20-29(37(56)48-31-15-17-32(54)18-16-31)12-19-33(23)26-6-2-24(3-7-26)21-34(50-36(55)28-8-4-25(22-47)5-9-28)38(57)49-30-13-10-27(11-14-30)35-51-39(53-52-35)41(43,44)42(45,46)40(58)59;/h2-3,6-7,10-14,19-20,25,28,31-32,34,54H,4-5,8-9,15-18,21-22,47H2,1H3,(H,48,56)(H,49,57)(H,50,55)(H,58,59)(H,51,52,53);1H/t25?,28?,31?,32?,34-;/m0./s1. The number of aromatic amines is 1. The number of alkyl halides is 4. The van der Waals surface area contributed by atoms with Crippen LogP contribution in [0, 0.1) is 18.8 Å². The molecular formula is C42H48ClF4N7O6. The van der Waals surface area contributed by atoms with Gasteiger partial charge in [-0.2, -0.15) is 22.7 Å². The molecule has 18 heteroatoms. The maximum atomic E-state index is 14.3. The van der Waals surface area contributed by atoms with E-state index in [1.54, 1.807) is 11.2 Å². The molecule has 2 fully saturated rings. The van der Waals surface area contributed by atoms with Crippen molar-refractivity contribution in [1.82, 2.24) is 25.8 Å². The summed E-state index contributed by atoms with van der Waals surface area (Å²) in [6, 6.07) is 17.6. The van der Waals surface area contributed by atoms with Crippen LogP contribution >= 0.6 is 12.4 Å². The first-order chi connectivity index (χ1) is 28.0. The van der Waals surface area contributed by atoms with E-state index in [0.717, 1.165) is 47.9 Å². The maximum absolute atomic E-state index is 14.3. The molecule has 8 N–H and O–H groups in total. The Hall–Kier alpha value is -5.39. The number of hydrogen-bond acceptors (Lipinski definition) is 8. The average molecular weight is 858 g/mol. The van der Waals surface area contributed by atoms with Crippen molar-refractivity contribution >= 4 is 41.8 Å². The van der Waals surface area contributed by atoms with Crippen molar-refractivity contribution in [3.63, 3.8) is 0 Å². The van der Waals surface area contributed by atoms with Crippen LogP contribution in [0.2, 0.25) is 0 Å². The third-order valence-corrected chi connectivity index (χ3v) is 11.3. The first kappa shape index (κ1) is 45.7. The van der Waals surface area contributed by atoms with E-state index < -0.39 is 41.4 Å². The number of aliphatic hydroxyl groups excluding tert-OH is 1. The number of carbonyl (C=O) groups excluding carboxylic acids is 3. The lowest BCUT2D eigenvalue weighted by Gasteiger charge is -2.28. The number of nitrogens with zero attached hydrogens (tertiary/aromatic N) is 2. The number of benzene rings is 3. The highest BCUT2D eigenvalue weighted by atomic mass is 35.5. The van der Waals surface area contributed by atoms with Gasteiger partial charge in [-0.3, -0.25) is 19.5 Å².